The van der Waals surface area contributed by atoms with Crippen molar-refractivity contribution in [1.29, 1.82) is 0 Å². The molecule has 1 fully saturated rings. The lowest BCUT2D eigenvalue weighted by Gasteiger charge is -2.30. The number of methoxy groups -OCH3 is 1. The third-order valence-corrected chi connectivity index (χ3v) is 8.89. The van der Waals surface area contributed by atoms with Crippen LogP contribution in [-0.2, 0) is 21.4 Å². The van der Waals surface area contributed by atoms with E-state index < -0.39 is 5.60 Å². The molecule has 2 N–H and O–H groups in total. The summed E-state index contributed by atoms with van der Waals surface area (Å²) in [6.07, 6.45) is 8.73. The van der Waals surface area contributed by atoms with Crippen LogP contribution in [0.3, 0.4) is 0 Å². The fraction of sp³-hybridized carbons (Fsp3) is 0.294. The van der Waals surface area contributed by atoms with Crippen molar-refractivity contribution in [2.45, 2.75) is 18.4 Å². The zero-order chi connectivity index (χ0) is 31.7. The lowest BCUT2D eigenvalue weighted by molar-refractivity contribution is -0.138. The molecule has 46 heavy (non-hydrogen) atoms. The number of rotatable bonds is 8. The van der Waals surface area contributed by atoms with Crippen LogP contribution in [0.2, 0.25) is 0 Å². The molecule has 2 aliphatic heterocycles. The van der Waals surface area contributed by atoms with E-state index in [-0.39, 0.29) is 18.4 Å². The average Bonchev–Trinajstić information content (AvgIpc) is 3.84. The molecular formula is C34H35N9O3. The SMILES string of the molecule is CO[C@@]1(C(=O)Nc2ccc3[nH]nc(-c4ccn(C)n4)c3c2)CCN(CC(=O)N2CC=C(c3ccc(-c4ncccn4)cc3)CC2)C1. The maximum Gasteiger partial charge on any atom is 0.258 e. The molecular weight excluding hydrogens is 582 g/mol. The smallest absolute Gasteiger partial charge is 0.258 e. The zero-order valence-corrected chi connectivity index (χ0v) is 25.8. The highest BCUT2D eigenvalue weighted by atomic mass is 16.5. The number of carbonyl (C=O) groups is 2. The number of aromatic nitrogens is 6. The standard InChI is InChI=1S/C34H35N9O3/c1-41-16-12-29(40-41)31-27-20-26(8-9-28(27)38-39-31)37-33(45)34(46-2)13-19-42(22-34)21-30(44)43-17-10-24(11-18-43)23-4-6-25(7-5-23)32-35-14-3-15-36-32/h3-10,12,14-16,20H,11,13,17-19,21-22H2,1-2H3,(H,37,45)(H,38,39)/t34-/m0/s1. The number of carbonyl (C=O) groups excluding carboxylic acids is 2. The van der Waals surface area contributed by atoms with Crippen molar-refractivity contribution in [3.05, 3.63) is 84.8 Å². The third-order valence-electron chi connectivity index (χ3n) is 8.89. The van der Waals surface area contributed by atoms with Gasteiger partial charge in [-0.3, -0.25) is 24.3 Å². The number of hydrogen-bond donors (Lipinski definition) is 2. The van der Waals surface area contributed by atoms with Crippen molar-refractivity contribution in [2.24, 2.45) is 7.05 Å². The van der Waals surface area contributed by atoms with E-state index in [9.17, 15) is 9.59 Å². The molecule has 2 aromatic carbocycles. The molecule has 5 aromatic rings. The highest BCUT2D eigenvalue weighted by molar-refractivity contribution is 6.01. The Morgan fingerprint density at radius 2 is 1.85 bits per heavy atom. The number of amides is 2. The number of likely N-dealkylation sites (tertiary alicyclic amines) is 1. The van der Waals surface area contributed by atoms with E-state index in [2.05, 4.69) is 48.8 Å². The minimum Gasteiger partial charge on any atom is -0.367 e. The summed E-state index contributed by atoms with van der Waals surface area (Å²) in [6, 6.07) is 17.5. The summed E-state index contributed by atoms with van der Waals surface area (Å²) >= 11 is 0. The number of anilines is 1. The van der Waals surface area contributed by atoms with Gasteiger partial charge in [0.05, 0.1) is 12.1 Å². The number of fused-ring (bicyclic) bond motifs is 1. The van der Waals surface area contributed by atoms with Crippen molar-refractivity contribution >= 4 is 34.0 Å². The molecule has 7 rings (SSSR count). The summed E-state index contributed by atoms with van der Waals surface area (Å²) in [4.78, 5) is 39.4. The average molecular weight is 618 g/mol. The molecule has 12 heteroatoms. The Kier molecular flexibility index (Phi) is 7.89. The largest absolute Gasteiger partial charge is 0.367 e. The van der Waals surface area contributed by atoms with Crippen LogP contribution >= 0.6 is 0 Å². The molecule has 0 unspecified atom stereocenters. The fourth-order valence-corrected chi connectivity index (χ4v) is 6.24. The second-order valence-corrected chi connectivity index (χ2v) is 11.8. The van der Waals surface area contributed by atoms with E-state index in [0.717, 1.165) is 39.8 Å². The predicted octanol–water partition coefficient (Wildman–Crippen LogP) is 3.77. The van der Waals surface area contributed by atoms with Crippen LogP contribution in [-0.4, -0.2) is 97.0 Å². The van der Waals surface area contributed by atoms with E-state index in [1.54, 1.807) is 30.3 Å². The first-order chi connectivity index (χ1) is 22.4. The number of nitrogens with zero attached hydrogens (tertiary/aromatic N) is 7. The Labute approximate surface area is 266 Å². The summed E-state index contributed by atoms with van der Waals surface area (Å²) in [5, 5.41) is 15.8. The van der Waals surface area contributed by atoms with Gasteiger partial charge >= 0.3 is 0 Å². The predicted molar refractivity (Wildman–Crippen MR) is 174 cm³/mol. The molecule has 12 nitrogen and oxygen atoms in total. The lowest BCUT2D eigenvalue weighted by atomic mass is 9.98. The van der Waals surface area contributed by atoms with Gasteiger partial charge in [0.1, 0.15) is 11.4 Å². The first-order valence-electron chi connectivity index (χ1n) is 15.3. The summed E-state index contributed by atoms with van der Waals surface area (Å²) < 4.78 is 7.56. The zero-order valence-electron chi connectivity index (χ0n) is 25.8. The van der Waals surface area contributed by atoms with Gasteiger partial charge in [0.25, 0.3) is 5.91 Å². The Morgan fingerprint density at radius 3 is 2.57 bits per heavy atom. The van der Waals surface area contributed by atoms with Gasteiger partial charge in [0, 0.05) is 75.6 Å². The van der Waals surface area contributed by atoms with Crippen LogP contribution in [0.5, 0.6) is 0 Å². The van der Waals surface area contributed by atoms with E-state index >= 15 is 0 Å². The highest BCUT2D eigenvalue weighted by Crippen LogP contribution is 2.31. The Bertz CT molecular complexity index is 1920. The number of nitrogens with one attached hydrogen (secondary N) is 2. The molecule has 3 aromatic heterocycles. The minimum absolute atomic E-state index is 0.0478. The Morgan fingerprint density at radius 1 is 1.04 bits per heavy atom. The van der Waals surface area contributed by atoms with Crippen molar-refractivity contribution in [1.82, 2.24) is 39.7 Å². The normalized spacial score (nSPS) is 18.6. The molecule has 2 amide bonds. The molecule has 0 bridgehead atoms. The lowest BCUT2D eigenvalue weighted by Crippen LogP contribution is -2.48. The monoisotopic (exact) mass is 617 g/mol. The van der Waals surface area contributed by atoms with Crippen LogP contribution in [0.25, 0.3) is 39.3 Å². The van der Waals surface area contributed by atoms with Gasteiger partial charge in [0.15, 0.2) is 11.4 Å². The van der Waals surface area contributed by atoms with Crippen molar-refractivity contribution in [3.63, 3.8) is 0 Å². The van der Waals surface area contributed by atoms with Gasteiger partial charge in [-0.1, -0.05) is 30.3 Å². The van der Waals surface area contributed by atoms with Crippen molar-refractivity contribution in [2.75, 3.05) is 45.2 Å². The molecule has 1 saturated heterocycles. The maximum absolute atomic E-state index is 13.6. The van der Waals surface area contributed by atoms with Crippen LogP contribution in [0, 0.1) is 0 Å². The van der Waals surface area contributed by atoms with Crippen LogP contribution in [0.15, 0.2) is 79.3 Å². The fourth-order valence-electron chi connectivity index (χ4n) is 6.24. The molecule has 0 spiro atoms. The Hall–Kier alpha value is -5.20. The molecule has 1 atom stereocenters. The van der Waals surface area contributed by atoms with Gasteiger partial charge in [-0.25, -0.2) is 9.97 Å². The van der Waals surface area contributed by atoms with E-state index in [1.807, 2.05) is 59.4 Å². The van der Waals surface area contributed by atoms with Crippen molar-refractivity contribution < 1.29 is 14.3 Å². The van der Waals surface area contributed by atoms with Gasteiger partial charge in [-0.05, 0) is 54.3 Å². The molecule has 0 aliphatic carbocycles. The summed E-state index contributed by atoms with van der Waals surface area (Å²) in [7, 11) is 3.41. The molecule has 0 saturated carbocycles. The third kappa shape index (κ3) is 5.80. The van der Waals surface area contributed by atoms with E-state index in [0.29, 0.717) is 44.1 Å². The quantitative estimate of drug-likeness (QED) is 0.269. The van der Waals surface area contributed by atoms with Gasteiger partial charge in [0.2, 0.25) is 5.91 Å². The number of ether oxygens (including phenoxy) is 1. The molecule has 0 radical (unpaired) electrons. The number of hydrogen-bond acceptors (Lipinski definition) is 8. The first kappa shape index (κ1) is 29.5. The number of H-pyrrole nitrogens is 1. The van der Waals surface area contributed by atoms with E-state index in [4.69, 9.17) is 4.74 Å². The van der Waals surface area contributed by atoms with Crippen LogP contribution < -0.4 is 5.32 Å². The van der Waals surface area contributed by atoms with E-state index in [1.165, 1.54) is 5.57 Å². The summed E-state index contributed by atoms with van der Waals surface area (Å²) in [5.74, 6) is 0.514. The first-order valence-corrected chi connectivity index (χ1v) is 15.3. The minimum atomic E-state index is -1.05. The number of aryl methyl sites for hydroxylation is 1. The van der Waals surface area contributed by atoms with Gasteiger partial charge < -0.3 is 15.0 Å². The van der Waals surface area contributed by atoms with Crippen LogP contribution in [0.1, 0.15) is 18.4 Å². The number of benzene rings is 2. The molecule has 234 valence electrons. The molecule has 5 heterocycles. The summed E-state index contributed by atoms with van der Waals surface area (Å²) in [5.41, 5.74) is 5.23. The highest BCUT2D eigenvalue weighted by Gasteiger charge is 2.45. The van der Waals surface area contributed by atoms with Crippen LogP contribution in [0.4, 0.5) is 5.69 Å². The second kappa shape index (κ2) is 12.3. The maximum atomic E-state index is 13.6. The number of aromatic amines is 1. The van der Waals surface area contributed by atoms with Crippen molar-refractivity contribution in [3.8, 4) is 22.8 Å². The summed E-state index contributed by atoms with van der Waals surface area (Å²) in [6.45, 7) is 2.36. The van der Waals surface area contributed by atoms with Gasteiger partial charge in [-0.2, -0.15) is 10.2 Å². The second-order valence-electron chi connectivity index (χ2n) is 11.8. The topological polar surface area (TPSA) is 134 Å². The Balaban J connectivity index is 0.959. The molecule has 2 aliphatic rings. The van der Waals surface area contributed by atoms with Gasteiger partial charge in [-0.15, -0.1) is 0 Å².